The molecule has 2 bridgehead atoms. The Balaban J connectivity index is 1.69. The Morgan fingerprint density at radius 3 is 2.85 bits per heavy atom. The number of nitrogens with zero attached hydrogens (tertiary/aromatic N) is 1. The van der Waals surface area contributed by atoms with E-state index in [0.717, 1.165) is 36.6 Å². The summed E-state index contributed by atoms with van der Waals surface area (Å²) in [6.45, 7) is 5.62. The summed E-state index contributed by atoms with van der Waals surface area (Å²) in [5.74, 6) is 1.25. The molecule has 2 fully saturated rings. The number of phenols is 1. The standard InChI is InChI=1S/C21H27NO4/c1-3-14(23)19-21-8-9-22(11-12-4-5-12)16(20(21,2)25)10-13-6-7-15(24)18(26-19)17(13)21/h6-7,12,16,19,24-25H,3-5,8-11H2,1-2H3/t16-,19+,20-,21+/m1/s1. The first-order valence-corrected chi connectivity index (χ1v) is 9.91. The highest BCUT2D eigenvalue weighted by atomic mass is 16.5. The van der Waals surface area contributed by atoms with E-state index in [9.17, 15) is 15.0 Å². The van der Waals surface area contributed by atoms with Crippen LogP contribution in [0.1, 0.15) is 50.7 Å². The molecule has 1 aromatic rings. The van der Waals surface area contributed by atoms with E-state index in [1.54, 1.807) is 6.07 Å². The van der Waals surface area contributed by atoms with Gasteiger partial charge in [0.15, 0.2) is 23.4 Å². The fourth-order valence-electron chi connectivity index (χ4n) is 5.81. The second kappa shape index (κ2) is 5.23. The van der Waals surface area contributed by atoms with E-state index in [1.165, 1.54) is 12.8 Å². The number of ether oxygens (including phenoxy) is 1. The first-order chi connectivity index (χ1) is 12.4. The zero-order valence-electron chi connectivity index (χ0n) is 15.5. The maximum absolute atomic E-state index is 12.8. The molecule has 140 valence electrons. The monoisotopic (exact) mass is 357 g/mol. The van der Waals surface area contributed by atoms with Gasteiger partial charge in [-0.2, -0.15) is 0 Å². The van der Waals surface area contributed by atoms with Crippen molar-refractivity contribution in [2.45, 2.75) is 69.1 Å². The van der Waals surface area contributed by atoms with E-state index in [0.29, 0.717) is 18.6 Å². The minimum atomic E-state index is -1.07. The van der Waals surface area contributed by atoms with Gasteiger partial charge in [-0.1, -0.05) is 13.0 Å². The number of hydrogen-bond donors (Lipinski definition) is 2. The third-order valence-corrected chi connectivity index (χ3v) is 7.38. The molecule has 1 aromatic carbocycles. The molecule has 4 aliphatic rings. The Kier molecular flexibility index (Phi) is 3.33. The fourth-order valence-corrected chi connectivity index (χ4v) is 5.81. The summed E-state index contributed by atoms with van der Waals surface area (Å²) in [6, 6.07) is 3.60. The lowest BCUT2D eigenvalue weighted by Crippen LogP contribution is -2.73. The van der Waals surface area contributed by atoms with Crippen LogP contribution in [0.25, 0.3) is 0 Å². The minimum absolute atomic E-state index is 0.00289. The third kappa shape index (κ3) is 1.91. The minimum Gasteiger partial charge on any atom is -0.504 e. The topological polar surface area (TPSA) is 70.0 Å². The third-order valence-electron chi connectivity index (χ3n) is 7.38. The highest BCUT2D eigenvalue weighted by molar-refractivity contribution is 5.88. The van der Waals surface area contributed by atoms with Gasteiger partial charge in [-0.05, 0) is 56.7 Å². The molecule has 2 N–H and O–H groups in total. The predicted molar refractivity (Wildman–Crippen MR) is 96.5 cm³/mol. The Morgan fingerprint density at radius 2 is 2.15 bits per heavy atom. The number of likely N-dealkylation sites (tertiary alicyclic amines) is 1. The Labute approximate surface area is 154 Å². The van der Waals surface area contributed by atoms with Crippen molar-refractivity contribution in [1.29, 1.82) is 0 Å². The summed E-state index contributed by atoms with van der Waals surface area (Å²) < 4.78 is 6.08. The molecule has 5 heteroatoms. The normalized spacial score (nSPS) is 38.0. The number of carbonyl (C=O) groups is 1. The van der Waals surface area contributed by atoms with Gasteiger partial charge in [-0.15, -0.1) is 0 Å². The molecule has 2 aliphatic heterocycles. The molecule has 26 heavy (non-hydrogen) atoms. The van der Waals surface area contributed by atoms with Crippen molar-refractivity contribution in [1.82, 2.24) is 4.90 Å². The van der Waals surface area contributed by atoms with Gasteiger partial charge in [0.25, 0.3) is 0 Å². The molecular weight excluding hydrogens is 330 g/mol. The molecule has 0 aromatic heterocycles. The van der Waals surface area contributed by atoms with Crippen LogP contribution in [0.3, 0.4) is 0 Å². The lowest BCUT2D eigenvalue weighted by Gasteiger charge is -2.59. The number of phenolic OH excluding ortho intramolecular Hbond substituents is 1. The van der Waals surface area contributed by atoms with E-state index in [4.69, 9.17) is 4.74 Å². The number of fused-ring (bicyclic) bond motifs is 1. The summed E-state index contributed by atoms with van der Waals surface area (Å²) in [7, 11) is 0. The fraction of sp³-hybridized carbons (Fsp3) is 0.667. The molecule has 1 saturated carbocycles. The van der Waals surface area contributed by atoms with Gasteiger partial charge in [0.05, 0.1) is 11.0 Å². The van der Waals surface area contributed by atoms with Crippen molar-refractivity contribution in [2.24, 2.45) is 5.92 Å². The Bertz CT molecular complexity index is 784. The summed E-state index contributed by atoms with van der Waals surface area (Å²) in [5.41, 5.74) is 0.173. The number of Topliss-reactive ketones (excluding diaryl/α,β-unsaturated/α-hetero) is 1. The van der Waals surface area contributed by atoms with E-state index >= 15 is 0 Å². The van der Waals surface area contributed by atoms with Crippen molar-refractivity contribution >= 4 is 5.78 Å². The number of carbonyl (C=O) groups excluding carboxylic acids is 1. The summed E-state index contributed by atoms with van der Waals surface area (Å²) in [5, 5.41) is 22.2. The molecule has 5 rings (SSSR count). The number of piperidine rings is 1. The van der Waals surface area contributed by atoms with Crippen LogP contribution in [0.2, 0.25) is 0 Å². The molecular formula is C21H27NO4. The van der Waals surface area contributed by atoms with Gasteiger partial charge in [0, 0.05) is 24.6 Å². The average Bonchev–Trinajstić information content (AvgIpc) is 3.34. The van der Waals surface area contributed by atoms with Crippen LogP contribution >= 0.6 is 0 Å². The second-order valence-corrected chi connectivity index (χ2v) is 8.79. The van der Waals surface area contributed by atoms with E-state index in [1.807, 2.05) is 19.9 Å². The molecule has 0 radical (unpaired) electrons. The Morgan fingerprint density at radius 1 is 1.38 bits per heavy atom. The smallest absolute Gasteiger partial charge is 0.174 e. The first-order valence-electron chi connectivity index (χ1n) is 9.91. The van der Waals surface area contributed by atoms with Gasteiger partial charge in [-0.3, -0.25) is 9.69 Å². The van der Waals surface area contributed by atoms with Gasteiger partial charge in [0.1, 0.15) is 0 Å². The second-order valence-electron chi connectivity index (χ2n) is 8.79. The van der Waals surface area contributed by atoms with Crippen LogP contribution in [0.4, 0.5) is 0 Å². The summed E-state index contributed by atoms with van der Waals surface area (Å²) >= 11 is 0. The number of rotatable bonds is 4. The van der Waals surface area contributed by atoms with Crippen LogP contribution in [0.15, 0.2) is 12.1 Å². The lowest BCUT2D eigenvalue weighted by atomic mass is 9.53. The van der Waals surface area contributed by atoms with Gasteiger partial charge >= 0.3 is 0 Å². The number of benzene rings is 1. The molecule has 1 spiro atoms. The van der Waals surface area contributed by atoms with Crippen LogP contribution in [-0.2, 0) is 16.6 Å². The largest absolute Gasteiger partial charge is 0.504 e. The zero-order valence-corrected chi connectivity index (χ0v) is 15.5. The molecule has 1 saturated heterocycles. The van der Waals surface area contributed by atoms with E-state index in [-0.39, 0.29) is 17.6 Å². The highest BCUT2D eigenvalue weighted by Crippen LogP contribution is 2.62. The quantitative estimate of drug-likeness (QED) is 0.864. The van der Waals surface area contributed by atoms with Gasteiger partial charge in [0.2, 0.25) is 0 Å². The molecule has 5 nitrogen and oxygen atoms in total. The zero-order chi connectivity index (χ0) is 18.3. The maximum Gasteiger partial charge on any atom is 0.174 e. The summed E-state index contributed by atoms with van der Waals surface area (Å²) in [4.78, 5) is 15.3. The molecule has 0 unspecified atom stereocenters. The van der Waals surface area contributed by atoms with E-state index < -0.39 is 17.1 Å². The maximum atomic E-state index is 12.8. The van der Waals surface area contributed by atoms with Crippen molar-refractivity contribution in [2.75, 3.05) is 13.1 Å². The highest BCUT2D eigenvalue weighted by Gasteiger charge is 2.69. The van der Waals surface area contributed by atoms with E-state index in [2.05, 4.69) is 4.90 Å². The van der Waals surface area contributed by atoms with Crippen molar-refractivity contribution in [3.63, 3.8) is 0 Å². The summed E-state index contributed by atoms with van der Waals surface area (Å²) in [6.07, 6.45) is 3.64. The van der Waals surface area contributed by atoms with Crippen LogP contribution in [-0.4, -0.2) is 51.7 Å². The predicted octanol–water partition coefficient (Wildman–Crippen LogP) is 2.16. The van der Waals surface area contributed by atoms with Crippen molar-refractivity contribution in [3.8, 4) is 11.5 Å². The SMILES string of the molecule is CCC(=O)[C@@H]1Oc2c(O)ccc3c2[C@@]12CCN(CC1CC1)[C@H](C3)[C@@]2(C)O. The lowest BCUT2D eigenvalue weighted by molar-refractivity contribution is -0.164. The van der Waals surface area contributed by atoms with Crippen LogP contribution in [0.5, 0.6) is 11.5 Å². The number of aliphatic hydroxyl groups is 1. The van der Waals surface area contributed by atoms with Gasteiger partial charge in [-0.25, -0.2) is 0 Å². The van der Waals surface area contributed by atoms with Crippen molar-refractivity contribution in [3.05, 3.63) is 23.3 Å². The van der Waals surface area contributed by atoms with Crippen LogP contribution < -0.4 is 4.74 Å². The van der Waals surface area contributed by atoms with Crippen molar-refractivity contribution < 1.29 is 19.7 Å². The first kappa shape index (κ1) is 16.6. The number of aromatic hydroxyl groups is 1. The molecule has 2 aliphatic carbocycles. The molecule has 4 atom stereocenters. The van der Waals surface area contributed by atoms with Crippen LogP contribution in [0, 0.1) is 5.92 Å². The van der Waals surface area contributed by atoms with Gasteiger partial charge < -0.3 is 14.9 Å². The average molecular weight is 357 g/mol. The molecule has 0 amide bonds. The number of ketones is 1. The Hall–Kier alpha value is -1.59. The molecule has 2 heterocycles. The number of hydrogen-bond acceptors (Lipinski definition) is 5.